The summed E-state index contributed by atoms with van der Waals surface area (Å²) < 4.78 is 16.8. The molecule has 0 amide bonds. The summed E-state index contributed by atoms with van der Waals surface area (Å²) in [6.45, 7) is 2.27. The number of benzene rings is 2. The molecule has 0 bridgehead atoms. The number of ether oxygens (including phenoxy) is 3. The summed E-state index contributed by atoms with van der Waals surface area (Å²) in [5.74, 6) is 2.63. The quantitative estimate of drug-likeness (QED) is 0.553. The van der Waals surface area contributed by atoms with E-state index in [2.05, 4.69) is 39.9 Å². The zero-order valence-electron chi connectivity index (χ0n) is 17.5. The summed E-state index contributed by atoms with van der Waals surface area (Å²) in [7, 11) is 5.07. The fourth-order valence-corrected chi connectivity index (χ4v) is 3.69. The molecule has 1 aliphatic heterocycles. The van der Waals surface area contributed by atoms with Crippen molar-refractivity contribution in [3.05, 3.63) is 59.7 Å². The third-order valence-electron chi connectivity index (χ3n) is 5.24. The van der Waals surface area contributed by atoms with Gasteiger partial charge in [0.05, 0.1) is 20.3 Å². The van der Waals surface area contributed by atoms with E-state index in [1.54, 1.807) is 21.3 Å². The highest BCUT2D eigenvalue weighted by molar-refractivity contribution is 5.79. The third-order valence-corrected chi connectivity index (χ3v) is 5.24. The topological polar surface area (TPSA) is 64.1 Å². The maximum Gasteiger partial charge on any atom is 0.191 e. The first kappa shape index (κ1) is 21.0. The van der Waals surface area contributed by atoms with E-state index in [0.29, 0.717) is 12.5 Å². The maximum atomic E-state index is 6.09. The first-order valence-corrected chi connectivity index (χ1v) is 10.1. The second-order valence-electron chi connectivity index (χ2n) is 7.10. The van der Waals surface area contributed by atoms with Crippen molar-refractivity contribution in [2.75, 3.05) is 34.4 Å². The van der Waals surface area contributed by atoms with Crippen LogP contribution in [0.3, 0.4) is 0 Å². The van der Waals surface area contributed by atoms with E-state index in [-0.39, 0.29) is 6.10 Å². The van der Waals surface area contributed by atoms with Crippen molar-refractivity contribution in [2.24, 2.45) is 10.9 Å². The van der Waals surface area contributed by atoms with Crippen LogP contribution < -0.4 is 20.1 Å². The van der Waals surface area contributed by atoms with E-state index in [1.165, 1.54) is 5.56 Å². The van der Waals surface area contributed by atoms with Crippen molar-refractivity contribution in [1.82, 2.24) is 10.6 Å². The van der Waals surface area contributed by atoms with Crippen molar-refractivity contribution < 1.29 is 14.2 Å². The lowest BCUT2D eigenvalue weighted by molar-refractivity contribution is -0.0265. The van der Waals surface area contributed by atoms with Crippen molar-refractivity contribution >= 4 is 5.96 Å². The molecule has 0 aromatic heterocycles. The fourth-order valence-electron chi connectivity index (χ4n) is 3.69. The smallest absolute Gasteiger partial charge is 0.191 e. The lowest BCUT2D eigenvalue weighted by Gasteiger charge is -2.32. The molecule has 2 N–H and O–H groups in total. The Morgan fingerprint density at radius 1 is 1.07 bits per heavy atom. The van der Waals surface area contributed by atoms with Gasteiger partial charge in [-0.2, -0.15) is 0 Å². The predicted octanol–water partition coefficient (Wildman–Crippen LogP) is 3.54. The van der Waals surface area contributed by atoms with E-state index in [1.807, 2.05) is 24.3 Å². The Balaban J connectivity index is 1.56. The van der Waals surface area contributed by atoms with Gasteiger partial charge in [0.2, 0.25) is 0 Å². The van der Waals surface area contributed by atoms with Crippen LogP contribution in [0.25, 0.3) is 0 Å². The number of aliphatic imine (C=N–C) groups is 1. The standard InChI is InChI=1S/C23H31N3O3/c1-24-23(25-15-17-11-12-20(27-2)21(14-17)28-3)26-16-19-10-7-13-29-22(19)18-8-5-4-6-9-18/h4-6,8-9,11-12,14,19,22H,7,10,13,15-16H2,1-3H3,(H2,24,25,26). The zero-order valence-corrected chi connectivity index (χ0v) is 17.5. The second kappa shape index (κ2) is 10.7. The average Bonchev–Trinajstić information content (AvgIpc) is 2.79. The molecule has 2 atom stereocenters. The SMILES string of the molecule is CN=C(NCc1ccc(OC)c(OC)c1)NCC1CCCOC1c1ccccc1. The summed E-state index contributed by atoms with van der Waals surface area (Å²) in [4.78, 5) is 4.36. The monoisotopic (exact) mass is 397 g/mol. The molecule has 0 spiro atoms. The van der Waals surface area contributed by atoms with Crippen LogP contribution in [0.1, 0.15) is 30.1 Å². The van der Waals surface area contributed by atoms with Gasteiger partial charge < -0.3 is 24.8 Å². The summed E-state index contributed by atoms with van der Waals surface area (Å²) in [5.41, 5.74) is 2.33. The number of rotatable bonds is 7. The van der Waals surface area contributed by atoms with Crippen LogP contribution in [0, 0.1) is 5.92 Å². The number of methoxy groups -OCH3 is 2. The molecule has 0 saturated carbocycles. The number of nitrogens with one attached hydrogen (secondary N) is 2. The molecule has 1 heterocycles. The molecule has 3 rings (SSSR count). The number of hydrogen-bond donors (Lipinski definition) is 2. The molecule has 2 unspecified atom stereocenters. The molecule has 156 valence electrons. The normalized spacial score (nSPS) is 19.5. The highest BCUT2D eigenvalue weighted by atomic mass is 16.5. The van der Waals surface area contributed by atoms with Crippen molar-refractivity contribution in [3.63, 3.8) is 0 Å². The minimum atomic E-state index is 0.126. The molecule has 0 radical (unpaired) electrons. The van der Waals surface area contributed by atoms with Gasteiger partial charge in [-0.15, -0.1) is 0 Å². The Morgan fingerprint density at radius 2 is 1.86 bits per heavy atom. The van der Waals surface area contributed by atoms with Gasteiger partial charge in [0, 0.05) is 32.7 Å². The van der Waals surface area contributed by atoms with Crippen LogP contribution in [0.15, 0.2) is 53.5 Å². The van der Waals surface area contributed by atoms with Crippen LogP contribution in [-0.4, -0.2) is 40.4 Å². The first-order valence-electron chi connectivity index (χ1n) is 10.1. The third kappa shape index (κ3) is 5.64. The summed E-state index contributed by atoms with van der Waals surface area (Å²) in [5, 5.41) is 6.83. The Labute approximate surface area is 173 Å². The van der Waals surface area contributed by atoms with Crippen molar-refractivity contribution in [1.29, 1.82) is 0 Å². The minimum Gasteiger partial charge on any atom is -0.493 e. The van der Waals surface area contributed by atoms with Crippen molar-refractivity contribution in [3.8, 4) is 11.5 Å². The number of guanidine groups is 1. The molecule has 1 aliphatic rings. The highest BCUT2D eigenvalue weighted by Crippen LogP contribution is 2.33. The average molecular weight is 398 g/mol. The van der Waals surface area contributed by atoms with Gasteiger partial charge in [-0.1, -0.05) is 36.4 Å². The van der Waals surface area contributed by atoms with Gasteiger partial charge in [-0.3, -0.25) is 4.99 Å². The van der Waals surface area contributed by atoms with Gasteiger partial charge in [0.25, 0.3) is 0 Å². The van der Waals surface area contributed by atoms with E-state index in [9.17, 15) is 0 Å². The van der Waals surface area contributed by atoms with Gasteiger partial charge in [0.15, 0.2) is 17.5 Å². The molecule has 6 nitrogen and oxygen atoms in total. The molecule has 1 fully saturated rings. The Bertz CT molecular complexity index is 795. The molecular formula is C23H31N3O3. The van der Waals surface area contributed by atoms with Crippen LogP contribution >= 0.6 is 0 Å². The fraction of sp³-hybridized carbons (Fsp3) is 0.435. The lowest BCUT2D eigenvalue weighted by atomic mass is 9.89. The van der Waals surface area contributed by atoms with Crippen LogP contribution in [0.4, 0.5) is 0 Å². The van der Waals surface area contributed by atoms with Crippen LogP contribution in [0.5, 0.6) is 11.5 Å². The van der Waals surface area contributed by atoms with E-state index in [0.717, 1.165) is 49.0 Å². The number of hydrogen-bond acceptors (Lipinski definition) is 4. The van der Waals surface area contributed by atoms with E-state index < -0.39 is 0 Å². The largest absolute Gasteiger partial charge is 0.493 e. The Hall–Kier alpha value is -2.73. The van der Waals surface area contributed by atoms with Crippen LogP contribution in [-0.2, 0) is 11.3 Å². The van der Waals surface area contributed by atoms with Gasteiger partial charge in [0.1, 0.15) is 0 Å². The molecular weight excluding hydrogens is 366 g/mol. The maximum absolute atomic E-state index is 6.09. The van der Waals surface area contributed by atoms with Gasteiger partial charge in [-0.05, 0) is 36.1 Å². The zero-order chi connectivity index (χ0) is 20.5. The summed E-state index contributed by atoms with van der Waals surface area (Å²) in [6, 6.07) is 16.4. The molecule has 29 heavy (non-hydrogen) atoms. The van der Waals surface area contributed by atoms with Crippen LogP contribution in [0.2, 0.25) is 0 Å². The predicted molar refractivity (Wildman–Crippen MR) is 116 cm³/mol. The molecule has 1 saturated heterocycles. The molecule has 6 heteroatoms. The minimum absolute atomic E-state index is 0.126. The molecule has 2 aromatic carbocycles. The van der Waals surface area contributed by atoms with Gasteiger partial charge in [-0.25, -0.2) is 0 Å². The molecule has 2 aromatic rings. The first-order chi connectivity index (χ1) is 14.2. The van der Waals surface area contributed by atoms with Crippen molar-refractivity contribution in [2.45, 2.75) is 25.5 Å². The molecule has 0 aliphatic carbocycles. The Morgan fingerprint density at radius 3 is 2.59 bits per heavy atom. The lowest BCUT2D eigenvalue weighted by Crippen LogP contribution is -2.41. The Kier molecular flexibility index (Phi) is 7.76. The number of nitrogens with zero attached hydrogens (tertiary/aromatic N) is 1. The van der Waals surface area contributed by atoms with Gasteiger partial charge >= 0.3 is 0 Å². The van der Waals surface area contributed by atoms with E-state index >= 15 is 0 Å². The highest BCUT2D eigenvalue weighted by Gasteiger charge is 2.27. The summed E-state index contributed by atoms with van der Waals surface area (Å²) in [6.07, 6.45) is 2.36. The second-order valence-corrected chi connectivity index (χ2v) is 7.10. The van der Waals surface area contributed by atoms with E-state index in [4.69, 9.17) is 14.2 Å². The summed E-state index contributed by atoms with van der Waals surface area (Å²) >= 11 is 0.